The van der Waals surface area contributed by atoms with Crippen LogP contribution in [-0.2, 0) is 22.7 Å². The number of rotatable bonds is 7. The molecule has 37 heavy (non-hydrogen) atoms. The van der Waals surface area contributed by atoms with Gasteiger partial charge in [0.05, 0.1) is 24.0 Å². The number of nitrogens with one attached hydrogen (secondary N) is 3. The number of anilines is 2. The number of benzene rings is 2. The average Bonchev–Trinajstić information content (AvgIpc) is 3.59. The molecule has 3 N–H and O–H groups in total. The second kappa shape index (κ2) is 10.4. The van der Waals surface area contributed by atoms with Crippen LogP contribution in [0.25, 0.3) is 5.69 Å². The molecule has 1 unspecified atom stereocenters. The van der Waals surface area contributed by atoms with Gasteiger partial charge in [0.15, 0.2) is 0 Å². The average molecular weight is 502 g/mol. The summed E-state index contributed by atoms with van der Waals surface area (Å²) in [5, 5.41) is 12.5. The quantitative estimate of drug-likeness (QED) is 0.458. The maximum atomic E-state index is 12.6. The predicted molar refractivity (Wildman–Crippen MR) is 140 cm³/mol. The minimum absolute atomic E-state index is 0.121. The predicted octanol–water partition coefficient (Wildman–Crippen LogP) is 3.64. The molecule has 10 nitrogen and oxygen atoms in total. The summed E-state index contributed by atoms with van der Waals surface area (Å²) < 4.78 is 1.72. The minimum atomic E-state index is -0.305. The summed E-state index contributed by atoms with van der Waals surface area (Å²) in [7, 11) is 0. The number of hydrazine groups is 1. The first-order chi connectivity index (χ1) is 17.9. The van der Waals surface area contributed by atoms with Gasteiger partial charge in [0.2, 0.25) is 11.8 Å². The maximum absolute atomic E-state index is 12.6. The number of carbonyl (C=O) groups excluding carboxylic acids is 3. The number of aromatic nitrogens is 2. The van der Waals surface area contributed by atoms with Crippen LogP contribution in [0.2, 0.25) is 0 Å². The molecule has 2 aliphatic rings. The fourth-order valence-corrected chi connectivity index (χ4v) is 4.72. The summed E-state index contributed by atoms with van der Waals surface area (Å²) in [6.07, 6.45) is 1.78. The van der Waals surface area contributed by atoms with Gasteiger partial charge in [0.25, 0.3) is 0 Å². The summed E-state index contributed by atoms with van der Waals surface area (Å²) in [4.78, 5) is 38.9. The Morgan fingerprint density at radius 3 is 2.43 bits per heavy atom. The van der Waals surface area contributed by atoms with Crippen LogP contribution in [-0.4, -0.2) is 39.2 Å². The molecule has 5 rings (SSSR count). The molecule has 192 valence electrons. The summed E-state index contributed by atoms with van der Waals surface area (Å²) in [6.45, 7) is 5.27. The molecule has 1 aromatic heterocycles. The monoisotopic (exact) mass is 501 g/mol. The van der Waals surface area contributed by atoms with Crippen molar-refractivity contribution in [2.24, 2.45) is 0 Å². The Kier molecular flexibility index (Phi) is 6.91. The van der Waals surface area contributed by atoms with Gasteiger partial charge in [-0.3, -0.25) is 15.0 Å². The number of hydrogen-bond acceptors (Lipinski definition) is 5. The molecule has 2 aliphatic heterocycles. The van der Waals surface area contributed by atoms with Crippen molar-refractivity contribution < 1.29 is 14.4 Å². The Hall–Kier alpha value is -4.18. The third-order valence-corrected chi connectivity index (χ3v) is 6.72. The zero-order valence-electron chi connectivity index (χ0n) is 21.0. The fraction of sp³-hybridized carbons (Fsp3) is 0.333. The van der Waals surface area contributed by atoms with Gasteiger partial charge in [-0.1, -0.05) is 37.3 Å². The molecule has 3 heterocycles. The van der Waals surface area contributed by atoms with Gasteiger partial charge in [0, 0.05) is 37.2 Å². The molecule has 1 fully saturated rings. The third kappa shape index (κ3) is 5.19. The molecule has 1 saturated heterocycles. The lowest BCUT2D eigenvalue weighted by atomic mass is 10.1. The van der Waals surface area contributed by atoms with Crippen LogP contribution in [0.5, 0.6) is 0 Å². The topological polar surface area (TPSA) is 112 Å². The van der Waals surface area contributed by atoms with E-state index < -0.39 is 0 Å². The molecule has 0 spiro atoms. The number of amides is 4. The number of nitrogens with zero attached hydrogens (tertiary/aromatic N) is 4. The van der Waals surface area contributed by atoms with Gasteiger partial charge in [-0.15, -0.1) is 0 Å². The van der Waals surface area contributed by atoms with Gasteiger partial charge in [-0.2, -0.15) is 5.10 Å². The Morgan fingerprint density at radius 2 is 1.76 bits per heavy atom. The van der Waals surface area contributed by atoms with Crippen molar-refractivity contribution >= 4 is 29.4 Å². The van der Waals surface area contributed by atoms with E-state index in [2.05, 4.69) is 16.1 Å². The van der Waals surface area contributed by atoms with Gasteiger partial charge in [-0.25, -0.2) is 14.5 Å². The Balaban J connectivity index is 1.31. The van der Waals surface area contributed by atoms with Crippen LogP contribution in [0.4, 0.5) is 16.3 Å². The molecule has 3 aromatic rings. The Labute approximate surface area is 215 Å². The lowest BCUT2D eigenvalue weighted by molar-refractivity contribution is -0.117. The van der Waals surface area contributed by atoms with Gasteiger partial charge in [0.1, 0.15) is 5.82 Å². The molecular weight excluding hydrogens is 470 g/mol. The van der Waals surface area contributed by atoms with Gasteiger partial charge in [-0.05, 0) is 43.2 Å². The van der Waals surface area contributed by atoms with Crippen LogP contribution in [0.3, 0.4) is 0 Å². The fourth-order valence-electron chi connectivity index (χ4n) is 4.72. The zero-order chi connectivity index (χ0) is 25.9. The molecule has 0 aliphatic carbocycles. The molecule has 0 saturated carbocycles. The third-order valence-electron chi connectivity index (χ3n) is 6.72. The number of urea groups is 1. The number of fused-ring (bicyclic) bond motifs is 1. The van der Waals surface area contributed by atoms with Crippen LogP contribution in [0, 0.1) is 0 Å². The molecule has 2 aromatic carbocycles. The first-order valence-corrected chi connectivity index (χ1v) is 12.6. The van der Waals surface area contributed by atoms with E-state index in [4.69, 9.17) is 5.10 Å². The van der Waals surface area contributed by atoms with E-state index in [1.165, 1.54) is 0 Å². The van der Waals surface area contributed by atoms with E-state index in [1.54, 1.807) is 21.5 Å². The minimum Gasteiger partial charge on any atom is -0.331 e. The van der Waals surface area contributed by atoms with Crippen LogP contribution < -0.4 is 21.0 Å². The zero-order valence-corrected chi connectivity index (χ0v) is 21.0. The van der Waals surface area contributed by atoms with Crippen molar-refractivity contribution in [2.45, 2.75) is 52.2 Å². The largest absolute Gasteiger partial charge is 0.331 e. The van der Waals surface area contributed by atoms with E-state index in [0.717, 1.165) is 41.2 Å². The van der Waals surface area contributed by atoms with Gasteiger partial charge < -0.3 is 15.5 Å². The lowest BCUT2D eigenvalue weighted by Crippen LogP contribution is -2.45. The van der Waals surface area contributed by atoms with Crippen molar-refractivity contribution in [3.63, 3.8) is 0 Å². The van der Waals surface area contributed by atoms with Gasteiger partial charge >= 0.3 is 6.03 Å². The first-order valence-electron chi connectivity index (χ1n) is 12.6. The van der Waals surface area contributed by atoms with Crippen molar-refractivity contribution in [1.82, 2.24) is 25.5 Å². The normalized spacial score (nSPS) is 15.9. The Morgan fingerprint density at radius 1 is 1.03 bits per heavy atom. The van der Waals surface area contributed by atoms with E-state index in [9.17, 15) is 14.4 Å². The van der Waals surface area contributed by atoms with Crippen LogP contribution in [0.1, 0.15) is 56.0 Å². The van der Waals surface area contributed by atoms with E-state index in [1.807, 2.05) is 61.5 Å². The summed E-state index contributed by atoms with van der Waals surface area (Å²) in [5.74, 6) is 0.606. The standard InChI is InChI=1S/C27H31N7O3/c1-3-24(35)29-26-22-16-32(31-27(37)28-18(2)19-8-5-4-6-9-19)17-23(22)30-34(26)21-13-11-20(12-14-21)33-15-7-10-25(33)36/h4-6,8-9,11-14,18H,3,7,10,15-17H2,1-2H3,(H,29,35)(H2,28,31,37). The van der Waals surface area contributed by atoms with E-state index >= 15 is 0 Å². The summed E-state index contributed by atoms with van der Waals surface area (Å²) in [6, 6.07) is 16.9. The molecule has 4 amide bonds. The summed E-state index contributed by atoms with van der Waals surface area (Å²) >= 11 is 0. The highest BCUT2D eigenvalue weighted by molar-refractivity contribution is 5.95. The highest BCUT2D eigenvalue weighted by atomic mass is 16.2. The van der Waals surface area contributed by atoms with Crippen molar-refractivity contribution in [2.75, 3.05) is 16.8 Å². The van der Waals surface area contributed by atoms with E-state index in [-0.39, 0.29) is 23.9 Å². The van der Waals surface area contributed by atoms with Crippen molar-refractivity contribution in [3.05, 3.63) is 71.4 Å². The molecule has 0 radical (unpaired) electrons. The van der Waals surface area contributed by atoms with Crippen molar-refractivity contribution in [3.8, 4) is 5.69 Å². The first kappa shape index (κ1) is 24.5. The second-order valence-corrected chi connectivity index (χ2v) is 9.33. The highest BCUT2D eigenvalue weighted by Crippen LogP contribution is 2.32. The molecule has 0 bridgehead atoms. The SMILES string of the molecule is CCC(=O)Nc1c2c(nn1-c1ccc(N3CCCC3=O)cc1)CN(NC(=O)NC(C)c1ccccc1)C2. The number of hydrogen-bond donors (Lipinski definition) is 3. The molecular formula is C27H31N7O3. The van der Waals surface area contributed by atoms with Crippen LogP contribution in [0.15, 0.2) is 54.6 Å². The maximum Gasteiger partial charge on any atom is 0.329 e. The van der Waals surface area contributed by atoms with E-state index in [0.29, 0.717) is 31.7 Å². The lowest BCUT2D eigenvalue weighted by Gasteiger charge is -2.21. The summed E-state index contributed by atoms with van der Waals surface area (Å²) in [5.41, 5.74) is 7.19. The molecule has 1 atom stereocenters. The highest BCUT2D eigenvalue weighted by Gasteiger charge is 2.30. The molecule has 10 heteroatoms. The number of carbonyl (C=O) groups is 3. The van der Waals surface area contributed by atoms with Crippen LogP contribution >= 0.6 is 0 Å². The Bertz CT molecular complexity index is 1300. The smallest absolute Gasteiger partial charge is 0.329 e. The second-order valence-electron chi connectivity index (χ2n) is 9.33. The van der Waals surface area contributed by atoms with Crippen molar-refractivity contribution in [1.29, 1.82) is 0 Å².